The first-order valence-corrected chi connectivity index (χ1v) is 7.45. The second kappa shape index (κ2) is 8.40. The predicted molar refractivity (Wildman–Crippen MR) is 87.8 cm³/mol. The van der Waals surface area contributed by atoms with Gasteiger partial charge in [-0.1, -0.05) is 12.1 Å². The molecule has 0 aliphatic carbocycles. The van der Waals surface area contributed by atoms with Crippen molar-refractivity contribution in [3.8, 4) is 0 Å². The van der Waals surface area contributed by atoms with E-state index < -0.39 is 16.7 Å². The average molecular weight is 326 g/mol. The molecule has 0 spiro atoms. The molecule has 0 heterocycles. The van der Waals surface area contributed by atoms with Gasteiger partial charge in [0.1, 0.15) is 0 Å². The van der Waals surface area contributed by atoms with E-state index in [-0.39, 0.29) is 15.1 Å². The van der Waals surface area contributed by atoms with Crippen LogP contribution in [0.1, 0.15) is 18.8 Å². The summed E-state index contributed by atoms with van der Waals surface area (Å²) in [6.45, 7) is 0.594. The number of carbonyl (C=O) groups is 1. The number of hydrogen-bond donors (Lipinski definition) is 2. The lowest BCUT2D eigenvalue weighted by atomic mass is 10.2. The molecule has 0 aliphatic rings. The largest absolute Gasteiger partial charge is 0.412 e. The fraction of sp³-hybridized carbons (Fsp3) is 0.133. The smallest absolute Gasteiger partial charge is 0.248 e. The quantitative estimate of drug-likeness (QED) is 0.769. The van der Waals surface area contributed by atoms with Crippen LogP contribution in [0.2, 0.25) is 0 Å². The van der Waals surface area contributed by atoms with Crippen molar-refractivity contribution in [3.05, 3.63) is 59.7 Å². The zero-order chi connectivity index (χ0) is 15.2. The minimum atomic E-state index is -1.30. The Morgan fingerprint density at radius 3 is 2.00 bits per heavy atom. The summed E-state index contributed by atoms with van der Waals surface area (Å²) in [6.07, 6.45) is 0. The highest BCUT2D eigenvalue weighted by atomic mass is 32.2. The monoisotopic (exact) mass is 326 g/mol. The van der Waals surface area contributed by atoms with Gasteiger partial charge in [0.25, 0.3) is 0 Å². The maximum Gasteiger partial charge on any atom is 0.248 e. The molecular weight excluding hydrogens is 304 g/mol. The maximum absolute atomic E-state index is 12.4. The number of hydrogen-bond acceptors (Lipinski definition) is 4. The third-order valence-corrected chi connectivity index (χ3v) is 4.28. The molecule has 0 bridgehead atoms. The highest BCUT2D eigenvalue weighted by molar-refractivity contribution is 7.85. The number of rotatable bonds is 6. The summed E-state index contributed by atoms with van der Waals surface area (Å²) in [5.74, 6) is -0.503. The minimum Gasteiger partial charge on any atom is -0.412 e. The highest BCUT2D eigenvalue weighted by Gasteiger charge is 2.08. The van der Waals surface area contributed by atoms with Gasteiger partial charge in [0.2, 0.25) is 5.91 Å². The topological polar surface area (TPSA) is 127 Å². The van der Waals surface area contributed by atoms with Crippen molar-refractivity contribution in [2.75, 3.05) is 6.73 Å². The maximum atomic E-state index is 12.4. The van der Waals surface area contributed by atoms with E-state index in [1.165, 1.54) is 0 Å². The number of amides is 1. The minimum absolute atomic E-state index is 0. The summed E-state index contributed by atoms with van der Waals surface area (Å²) in [6, 6.07) is 13.7. The van der Waals surface area contributed by atoms with E-state index >= 15 is 0 Å². The van der Waals surface area contributed by atoms with Gasteiger partial charge in [0.05, 0.1) is 24.1 Å². The Bertz CT molecular complexity index is 652. The summed E-state index contributed by atoms with van der Waals surface area (Å²) >= 11 is 0. The van der Waals surface area contributed by atoms with E-state index in [0.29, 0.717) is 22.0 Å². The van der Waals surface area contributed by atoms with Crippen LogP contribution in [0.4, 0.5) is 0 Å². The second-order valence-corrected chi connectivity index (χ2v) is 5.80. The number of primary amides is 1. The molecule has 0 radical (unpaired) electrons. The second-order valence-electron chi connectivity index (χ2n) is 4.32. The van der Waals surface area contributed by atoms with Gasteiger partial charge in [-0.25, -0.2) is 4.21 Å². The van der Waals surface area contributed by atoms with Crippen molar-refractivity contribution < 1.29 is 22.1 Å². The van der Waals surface area contributed by atoms with Crippen molar-refractivity contribution >= 4 is 16.7 Å². The molecule has 1 atom stereocenters. The Kier molecular flexibility index (Phi) is 6.87. The van der Waals surface area contributed by atoms with Crippen LogP contribution in [0.25, 0.3) is 0 Å². The van der Waals surface area contributed by atoms with Gasteiger partial charge in [0.15, 0.2) is 0 Å². The lowest BCUT2D eigenvalue weighted by Gasteiger charge is -2.05. The standard InChI is InChI=1S/C15H16N2O3S.H2O.2H2/c16-10-20-9-11-1-5-13(6-2-11)21(19)14-7-3-12(4-8-14)15(17)18;;;/h1-8H,9-10,16H2,(H2,17,18);1H2;2*1H. The Hall–Kier alpha value is -2.06. The SMILES string of the molecule is NCOCc1ccc(S(=O)c2ccc(C(N)=O)cc2)cc1.O.[HH].[HH]. The van der Waals surface area contributed by atoms with Gasteiger partial charge in [-0.15, -0.1) is 0 Å². The van der Waals surface area contributed by atoms with Crippen LogP contribution >= 0.6 is 0 Å². The van der Waals surface area contributed by atoms with Crippen LogP contribution in [-0.2, 0) is 22.1 Å². The Morgan fingerprint density at radius 1 is 1.05 bits per heavy atom. The predicted octanol–water partition coefficient (Wildman–Crippen LogP) is 1.05. The molecule has 2 aromatic carbocycles. The van der Waals surface area contributed by atoms with Crippen LogP contribution in [0.3, 0.4) is 0 Å². The average Bonchev–Trinajstić information content (AvgIpc) is 2.53. The third-order valence-electron chi connectivity index (χ3n) is 2.88. The van der Waals surface area contributed by atoms with Crippen LogP contribution in [0, 0.1) is 0 Å². The third kappa shape index (κ3) is 4.47. The molecule has 1 amide bonds. The summed E-state index contributed by atoms with van der Waals surface area (Å²) in [5, 5.41) is 0. The number of benzene rings is 2. The van der Waals surface area contributed by atoms with E-state index in [1.54, 1.807) is 36.4 Å². The first-order chi connectivity index (χ1) is 10.1. The van der Waals surface area contributed by atoms with Crippen molar-refractivity contribution in [2.24, 2.45) is 11.5 Å². The van der Waals surface area contributed by atoms with Gasteiger partial charge in [0, 0.05) is 18.2 Å². The molecule has 0 saturated carbocycles. The number of ether oxygens (including phenoxy) is 1. The first-order valence-electron chi connectivity index (χ1n) is 6.30. The molecule has 6 N–H and O–H groups in total. The summed E-state index contributed by atoms with van der Waals surface area (Å²) in [7, 11) is -1.30. The molecule has 0 aromatic heterocycles. The van der Waals surface area contributed by atoms with Crippen LogP contribution in [0.15, 0.2) is 58.3 Å². The van der Waals surface area contributed by atoms with E-state index in [0.717, 1.165) is 5.56 Å². The van der Waals surface area contributed by atoms with Gasteiger partial charge in [-0.2, -0.15) is 0 Å². The normalized spacial score (nSPS) is 11.5. The number of nitrogens with two attached hydrogens (primary N) is 2. The molecule has 22 heavy (non-hydrogen) atoms. The fourth-order valence-corrected chi connectivity index (χ4v) is 2.80. The molecule has 0 fully saturated rings. The Labute approximate surface area is 133 Å². The number of carbonyl (C=O) groups excluding carboxylic acids is 1. The summed E-state index contributed by atoms with van der Waals surface area (Å²) < 4.78 is 17.5. The van der Waals surface area contributed by atoms with Crippen molar-refractivity contribution in [1.29, 1.82) is 0 Å². The van der Waals surface area contributed by atoms with Crippen molar-refractivity contribution in [1.82, 2.24) is 0 Å². The Morgan fingerprint density at radius 2 is 1.55 bits per heavy atom. The molecule has 122 valence electrons. The van der Waals surface area contributed by atoms with Crippen LogP contribution in [-0.4, -0.2) is 22.3 Å². The van der Waals surface area contributed by atoms with E-state index in [1.807, 2.05) is 12.1 Å². The zero-order valence-corrected chi connectivity index (χ0v) is 12.6. The molecule has 7 heteroatoms. The van der Waals surface area contributed by atoms with E-state index in [4.69, 9.17) is 16.2 Å². The molecule has 2 aromatic rings. The van der Waals surface area contributed by atoms with Crippen LogP contribution < -0.4 is 11.5 Å². The zero-order valence-electron chi connectivity index (χ0n) is 11.8. The highest BCUT2D eigenvalue weighted by Crippen LogP contribution is 2.18. The fourth-order valence-electron chi connectivity index (χ4n) is 1.76. The molecule has 0 aliphatic heterocycles. The molecule has 1 unspecified atom stereocenters. The molecule has 0 saturated heterocycles. The first kappa shape index (κ1) is 18.0. The van der Waals surface area contributed by atoms with Gasteiger partial charge in [-0.05, 0) is 42.0 Å². The summed E-state index contributed by atoms with van der Waals surface area (Å²) in [4.78, 5) is 12.3. The van der Waals surface area contributed by atoms with Crippen molar-refractivity contribution in [2.45, 2.75) is 16.4 Å². The lowest BCUT2D eigenvalue weighted by molar-refractivity contribution is 0.1000. The molecular formula is C15H22N2O4S. The van der Waals surface area contributed by atoms with E-state index in [2.05, 4.69) is 0 Å². The van der Waals surface area contributed by atoms with Gasteiger partial charge >= 0.3 is 0 Å². The Balaban J connectivity index is 0. The van der Waals surface area contributed by atoms with Gasteiger partial charge in [-0.3, -0.25) is 4.79 Å². The molecule has 6 nitrogen and oxygen atoms in total. The lowest BCUT2D eigenvalue weighted by Crippen LogP contribution is -2.10. The summed E-state index contributed by atoms with van der Waals surface area (Å²) in [5.41, 5.74) is 11.8. The van der Waals surface area contributed by atoms with Crippen molar-refractivity contribution in [3.63, 3.8) is 0 Å². The molecule has 2 rings (SSSR count). The van der Waals surface area contributed by atoms with Crippen LogP contribution in [0.5, 0.6) is 0 Å². The van der Waals surface area contributed by atoms with Gasteiger partial charge < -0.3 is 21.7 Å². The van der Waals surface area contributed by atoms with E-state index in [9.17, 15) is 9.00 Å².